The number of ether oxygens (including phenoxy) is 1. The van der Waals surface area contributed by atoms with Gasteiger partial charge in [-0.2, -0.15) is 5.10 Å². The van der Waals surface area contributed by atoms with Crippen LogP contribution in [0, 0.1) is 0 Å². The van der Waals surface area contributed by atoms with E-state index in [2.05, 4.69) is 39.8 Å². The van der Waals surface area contributed by atoms with Gasteiger partial charge in [-0.05, 0) is 42.8 Å². The van der Waals surface area contributed by atoms with Crippen molar-refractivity contribution in [1.82, 2.24) is 4.98 Å². The zero-order valence-corrected chi connectivity index (χ0v) is 16.6. The van der Waals surface area contributed by atoms with Gasteiger partial charge in [0.25, 0.3) is 0 Å². The molecular formula is C21H25N4OS+. The highest BCUT2D eigenvalue weighted by molar-refractivity contribution is 7.22. The van der Waals surface area contributed by atoms with Crippen molar-refractivity contribution in [2.24, 2.45) is 5.10 Å². The molecule has 0 aliphatic carbocycles. The molecule has 5 nitrogen and oxygen atoms in total. The largest absolute Gasteiger partial charge is 0.496 e. The van der Waals surface area contributed by atoms with Crippen molar-refractivity contribution in [3.8, 4) is 5.75 Å². The Morgan fingerprint density at radius 1 is 1.22 bits per heavy atom. The van der Waals surface area contributed by atoms with Crippen LogP contribution in [0.15, 0.2) is 47.6 Å². The van der Waals surface area contributed by atoms with Gasteiger partial charge in [0.15, 0.2) is 0 Å². The van der Waals surface area contributed by atoms with Gasteiger partial charge in [-0.1, -0.05) is 23.5 Å². The molecule has 0 spiro atoms. The van der Waals surface area contributed by atoms with Crippen molar-refractivity contribution in [2.45, 2.75) is 26.3 Å². The van der Waals surface area contributed by atoms with Gasteiger partial charge >= 0.3 is 0 Å². The van der Waals surface area contributed by atoms with E-state index in [-0.39, 0.29) is 0 Å². The number of hydrazone groups is 1. The summed E-state index contributed by atoms with van der Waals surface area (Å²) in [6, 6.07) is 14.5. The maximum atomic E-state index is 5.58. The maximum Gasteiger partial charge on any atom is 0.204 e. The number of anilines is 1. The highest BCUT2D eigenvalue weighted by Crippen LogP contribution is 2.25. The van der Waals surface area contributed by atoms with Crippen molar-refractivity contribution in [3.05, 3.63) is 53.6 Å². The zero-order valence-electron chi connectivity index (χ0n) is 15.8. The normalized spacial score (nSPS) is 15.4. The van der Waals surface area contributed by atoms with E-state index in [1.54, 1.807) is 23.3 Å². The number of likely N-dealkylation sites (tertiary alicyclic amines) is 1. The van der Waals surface area contributed by atoms with Crippen molar-refractivity contribution in [2.75, 3.05) is 25.6 Å². The van der Waals surface area contributed by atoms with E-state index in [0.717, 1.165) is 38.9 Å². The number of fused-ring (bicyclic) bond motifs is 1. The first-order valence-corrected chi connectivity index (χ1v) is 10.2. The molecule has 2 aromatic carbocycles. The van der Waals surface area contributed by atoms with Crippen LogP contribution in [0.5, 0.6) is 5.75 Å². The number of benzene rings is 2. The molecule has 3 aromatic rings. The number of hydrogen-bond donors (Lipinski definition) is 2. The van der Waals surface area contributed by atoms with Crippen molar-refractivity contribution in [1.29, 1.82) is 0 Å². The second-order valence-electron chi connectivity index (χ2n) is 6.96. The van der Waals surface area contributed by atoms with E-state index in [1.807, 2.05) is 25.1 Å². The first kappa shape index (κ1) is 17.9. The Kier molecular flexibility index (Phi) is 5.36. The SMILES string of the molecule is COc1ccc(/C(C)=N\Nc2nc3ccccc3s2)cc1C[NH+]1CCCC1. The highest BCUT2D eigenvalue weighted by Gasteiger charge is 2.18. The predicted octanol–water partition coefficient (Wildman–Crippen LogP) is 3.32. The number of rotatable bonds is 6. The van der Waals surface area contributed by atoms with E-state index in [0.29, 0.717) is 0 Å². The standard InChI is InChI=1S/C21H24N4OS/c1-15(23-24-21-22-18-7-3-4-8-20(18)27-21)16-9-10-19(26-2)17(13-16)14-25-11-5-6-12-25/h3-4,7-10,13H,5-6,11-12,14H2,1-2H3,(H,22,24)/p+1/b23-15-. The fraction of sp³-hybridized carbons (Fsp3) is 0.333. The molecule has 0 bridgehead atoms. The van der Waals surface area contributed by atoms with Crippen molar-refractivity contribution >= 4 is 32.4 Å². The van der Waals surface area contributed by atoms with Gasteiger partial charge in [0.05, 0.1) is 36.1 Å². The van der Waals surface area contributed by atoms with Gasteiger partial charge in [-0.3, -0.25) is 5.43 Å². The lowest BCUT2D eigenvalue weighted by Gasteiger charge is -2.15. The molecule has 1 fully saturated rings. The minimum Gasteiger partial charge on any atom is -0.496 e. The molecule has 1 saturated heterocycles. The quantitative estimate of drug-likeness (QED) is 0.509. The molecule has 0 saturated carbocycles. The second-order valence-corrected chi connectivity index (χ2v) is 7.99. The topological polar surface area (TPSA) is 50.9 Å². The molecule has 1 aromatic heterocycles. The number of quaternary nitrogens is 1. The summed E-state index contributed by atoms with van der Waals surface area (Å²) < 4.78 is 6.74. The van der Waals surface area contributed by atoms with Crippen molar-refractivity contribution < 1.29 is 9.64 Å². The molecule has 27 heavy (non-hydrogen) atoms. The smallest absolute Gasteiger partial charge is 0.204 e. The molecule has 1 aliphatic heterocycles. The lowest BCUT2D eigenvalue weighted by atomic mass is 10.1. The second kappa shape index (κ2) is 8.06. The summed E-state index contributed by atoms with van der Waals surface area (Å²) in [4.78, 5) is 6.20. The first-order chi connectivity index (χ1) is 13.2. The summed E-state index contributed by atoms with van der Waals surface area (Å²) in [7, 11) is 1.74. The summed E-state index contributed by atoms with van der Waals surface area (Å²) in [5, 5.41) is 5.37. The molecular weight excluding hydrogens is 356 g/mol. The molecule has 2 heterocycles. The fourth-order valence-electron chi connectivity index (χ4n) is 3.58. The number of nitrogens with one attached hydrogen (secondary N) is 2. The molecule has 0 unspecified atom stereocenters. The Bertz CT molecular complexity index is 927. The number of thiazole rings is 1. The number of para-hydroxylation sites is 1. The first-order valence-electron chi connectivity index (χ1n) is 9.39. The lowest BCUT2D eigenvalue weighted by molar-refractivity contribution is -0.901. The minimum absolute atomic E-state index is 0.811. The van der Waals surface area contributed by atoms with Crippen LogP contribution in [0.1, 0.15) is 30.9 Å². The predicted molar refractivity (Wildman–Crippen MR) is 112 cm³/mol. The number of methoxy groups -OCH3 is 1. The van der Waals surface area contributed by atoms with Crippen LogP contribution in [-0.4, -0.2) is 30.9 Å². The van der Waals surface area contributed by atoms with Crippen LogP contribution in [-0.2, 0) is 6.54 Å². The molecule has 0 radical (unpaired) electrons. The minimum atomic E-state index is 0.811. The number of aromatic nitrogens is 1. The van der Waals surface area contributed by atoms with Gasteiger partial charge in [0.1, 0.15) is 12.3 Å². The van der Waals surface area contributed by atoms with E-state index in [1.165, 1.54) is 31.5 Å². The third-order valence-corrected chi connectivity index (χ3v) is 6.00. The molecule has 2 N–H and O–H groups in total. The van der Waals surface area contributed by atoms with Gasteiger partial charge in [0.2, 0.25) is 5.13 Å². The Balaban J connectivity index is 1.52. The van der Waals surface area contributed by atoms with Gasteiger partial charge in [-0.15, -0.1) is 0 Å². The highest BCUT2D eigenvalue weighted by atomic mass is 32.1. The van der Waals surface area contributed by atoms with Gasteiger partial charge < -0.3 is 9.64 Å². The average Bonchev–Trinajstić information content (AvgIpc) is 3.35. The summed E-state index contributed by atoms with van der Waals surface area (Å²) in [5.74, 6) is 0.963. The Hall–Kier alpha value is -2.44. The monoisotopic (exact) mass is 381 g/mol. The Labute approximate surface area is 163 Å². The third kappa shape index (κ3) is 4.12. The van der Waals surface area contributed by atoms with Crippen LogP contribution in [0.2, 0.25) is 0 Å². The van der Waals surface area contributed by atoms with Crippen LogP contribution in [0.25, 0.3) is 10.2 Å². The summed E-state index contributed by atoms with van der Waals surface area (Å²) in [5.41, 5.74) is 7.41. The lowest BCUT2D eigenvalue weighted by Crippen LogP contribution is -3.08. The van der Waals surface area contributed by atoms with Crippen LogP contribution >= 0.6 is 11.3 Å². The number of nitrogens with zero attached hydrogens (tertiary/aromatic N) is 2. The van der Waals surface area contributed by atoms with Crippen LogP contribution < -0.4 is 15.1 Å². The Morgan fingerprint density at radius 2 is 2.04 bits per heavy atom. The van der Waals surface area contributed by atoms with Gasteiger partial charge in [-0.25, -0.2) is 4.98 Å². The van der Waals surface area contributed by atoms with E-state index >= 15 is 0 Å². The molecule has 4 rings (SSSR count). The summed E-state index contributed by atoms with van der Waals surface area (Å²) in [6.07, 6.45) is 2.65. The fourth-order valence-corrected chi connectivity index (χ4v) is 4.39. The number of hydrogen-bond acceptors (Lipinski definition) is 5. The molecule has 6 heteroatoms. The molecule has 0 atom stereocenters. The third-order valence-electron chi connectivity index (χ3n) is 5.06. The summed E-state index contributed by atoms with van der Waals surface area (Å²) >= 11 is 1.61. The van der Waals surface area contributed by atoms with E-state index < -0.39 is 0 Å². The maximum absolute atomic E-state index is 5.58. The summed E-state index contributed by atoms with van der Waals surface area (Å²) in [6.45, 7) is 5.53. The van der Waals surface area contributed by atoms with Crippen LogP contribution in [0.3, 0.4) is 0 Å². The zero-order chi connectivity index (χ0) is 18.6. The molecule has 1 aliphatic rings. The van der Waals surface area contributed by atoms with Crippen LogP contribution in [0.4, 0.5) is 5.13 Å². The van der Waals surface area contributed by atoms with Crippen molar-refractivity contribution in [3.63, 3.8) is 0 Å². The Morgan fingerprint density at radius 3 is 2.81 bits per heavy atom. The molecule has 0 amide bonds. The van der Waals surface area contributed by atoms with E-state index in [9.17, 15) is 0 Å². The van der Waals surface area contributed by atoms with E-state index in [4.69, 9.17) is 4.74 Å². The van der Waals surface area contributed by atoms with Gasteiger partial charge in [0, 0.05) is 18.4 Å². The average molecular weight is 382 g/mol. The molecule has 140 valence electrons.